The van der Waals surface area contributed by atoms with Crippen LogP contribution in [0.15, 0.2) is 24.3 Å². The van der Waals surface area contributed by atoms with Crippen molar-refractivity contribution in [1.82, 2.24) is 5.32 Å². The van der Waals surface area contributed by atoms with Gasteiger partial charge in [0.25, 0.3) is 5.91 Å². The maximum atomic E-state index is 13.8. The van der Waals surface area contributed by atoms with Crippen LogP contribution in [-0.4, -0.2) is 23.0 Å². The number of benzene rings is 1. The van der Waals surface area contributed by atoms with Crippen LogP contribution in [0.1, 0.15) is 49.0 Å². The van der Waals surface area contributed by atoms with Crippen molar-refractivity contribution in [2.24, 2.45) is 0 Å². The topological polar surface area (TPSA) is 66.4 Å². The Morgan fingerprint density at radius 3 is 2.67 bits per heavy atom. The molecule has 5 heteroatoms. The zero-order valence-corrected chi connectivity index (χ0v) is 12.2. The van der Waals surface area contributed by atoms with E-state index in [1.807, 2.05) is 13.8 Å². The van der Waals surface area contributed by atoms with E-state index in [2.05, 4.69) is 5.32 Å². The van der Waals surface area contributed by atoms with E-state index in [0.717, 1.165) is 31.4 Å². The molecule has 0 spiro atoms. The van der Waals surface area contributed by atoms with Crippen LogP contribution in [0.3, 0.4) is 0 Å². The van der Waals surface area contributed by atoms with Gasteiger partial charge < -0.3 is 10.4 Å². The molecule has 0 aliphatic heterocycles. The van der Waals surface area contributed by atoms with E-state index >= 15 is 0 Å². The number of amides is 1. The molecule has 1 unspecified atom stereocenters. The third kappa shape index (κ3) is 5.38. The summed E-state index contributed by atoms with van der Waals surface area (Å²) in [6, 6.07) is 3.95. The zero-order valence-electron chi connectivity index (χ0n) is 12.2. The average Bonchev–Trinajstić information content (AvgIpc) is 2.45. The van der Waals surface area contributed by atoms with Gasteiger partial charge in [0, 0.05) is 12.1 Å². The Labute approximate surface area is 123 Å². The van der Waals surface area contributed by atoms with Crippen LogP contribution in [0.5, 0.6) is 0 Å². The molecule has 1 rings (SSSR count). The van der Waals surface area contributed by atoms with E-state index in [-0.39, 0.29) is 11.6 Å². The number of hydrogen-bond acceptors (Lipinski definition) is 2. The maximum absolute atomic E-state index is 13.8. The van der Waals surface area contributed by atoms with Crippen LogP contribution >= 0.6 is 0 Å². The summed E-state index contributed by atoms with van der Waals surface area (Å²) in [6.45, 7) is 3.98. The van der Waals surface area contributed by atoms with Crippen molar-refractivity contribution in [3.05, 3.63) is 41.2 Å². The highest BCUT2D eigenvalue weighted by Gasteiger charge is 2.15. The van der Waals surface area contributed by atoms with Gasteiger partial charge in [-0.3, -0.25) is 4.79 Å². The van der Waals surface area contributed by atoms with Gasteiger partial charge in [-0.05, 0) is 36.6 Å². The number of aliphatic carboxylic acids is 1. The summed E-state index contributed by atoms with van der Waals surface area (Å²) in [7, 11) is 0. The lowest BCUT2D eigenvalue weighted by Crippen LogP contribution is -2.34. The number of carboxylic acid groups (broad SMARTS) is 1. The molecule has 0 bridgehead atoms. The number of halogens is 1. The fourth-order valence-corrected chi connectivity index (χ4v) is 1.98. The Morgan fingerprint density at radius 2 is 2.10 bits per heavy atom. The van der Waals surface area contributed by atoms with Crippen molar-refractivity contribution >= 4 is 18.0 Å². The Hall–Kier alpha value is -2.17. The molecule has 21 heavy (non-hydrogen) atoms. The standard InChI is InChI=1S/C16H20FNO3/c1-3-5-12(4-2)18-16(21)13-10-11(6-8-14(13)17)7-9-15(19)20/h6-10,12H,3-5H2,1-2H3,(H,18,21)(H,19,20). The SMILES string of the molecule is CCCC(CC)NC(=O)c1cc(C=CC(=O)O)ccc1F. The van der Waals surface area contributed by atoms with Gasteiger partial charge >= 0.3 is 5.97 Å². The lowest BCUT2D eigenvalue weighted by molar-refractivity contribution is -0.131. The maximum Gasteiger partial charge on any atom is 0.328 e. The second-order valence-corrected chi connectivity index (χ2v) is 4.78. The largest absolute Gasteiger partial charge is 0.478 e. The molecule has 0 saturated heterocycles. The normalized spacial score (nSPS) is 12.3. The molecule has 114 valence electrons. The minimum Gasteiger partial charge on any atom is -0.478 e. The lowest BCUT2D eigenvalue weighted by Gasteiger charge is -2.16. The van der Waals surface area contributed by atoms with Gasteiger partial charge in [-0.25, -0.2) is 9.18 Å². The monoisotopic (exact) mass is 293 g/mol. The van der Waals surface area contributed by atoms with E-state index in [0.29, 0.717) is 5.56 Å². The van der Waals surface area contributed by atoms with Gasteiger partial charge in [-0.15, -0.1) is 0 Å². The van der Waals surface area contributed by atoms with Crippen molar-refractivity contribution in [1.29, 1.82) is 0 Å². The molecule has 1 atom stereocenters. The average molecular weight is 293 g/mol. The first kappa shape index (κ1) is 16.9. The Morgan fingerprint density at radius 1 is 1.38 bits per heavy atom. The number of carbonyl (C=O) groups is 2. The quantitative estimate of drug-likeness (QED) is 0.758. The predicted molar refractivity (Wildman–Crippen MR) is 79.5 cm³/mol. The molecule has 0 fully saturated rings. The minimum absolute atomic E-state index is 0.0140. The molecule has 0 heterocycles. The van der Waals surface area contributed by atoms with Crippen LogP contribution in [0.2, 0.25) is 0 Å². The molecular formula is C16H20FNO3. The van der Waals surface area contributed by atoms with Crippen LogP contribution in [0, 0.1) is 5.82 Å². The highest BCUT2D eigenvalue weighted by atomic mass is 19.1. The predicted octanol–water partition coefficient (Wildman–Crippen LogP) is 3.23. The molecule has 1 amide bonds. The fraction of sp³-hybridized carbons (Fsp3) is 0.375. The van der Waals surface area contributed by atoms with E-state index in [1.54, 1.807) is 0 Å². The second-order valence-electron chi connectivity index (χ2n) is 4.78. The molecule has 4 nitrogen and oxygen atoms in total. The summed E-state index contributed by atoms with van der Waals surface area (Å²) in [5.41, 5.74) is 0.393. The first-order valence-electron chi connectivity index (χ1n) is 6.99. The highest BCUT2D eigenvalue weighted by molar-refractivity contribution is 5.95. The van der Waals surface area contributed by atoms with Crippen molar-refractivity contribution in [2.45, 2.75) is 39.2 Å². The highest BCUT2D eigenvalue weighted by Crippen LogP contribution is 2.13. The molecule has 0 aliphatic rings. The minimum atomic E-state index is -1.10. The zero-order chi connectivity index (χ0) is 15.8. The van der Waals surface area contributed by atoms with Gasteiger partial charge in [-0.2, -0.15) is 0 Å². The van der Waals surface area contributed by atoms with Gasteiger partial charge in [0.05, 0.1) is 5.56 Å². The fourth-order valence-electron chi connectivity index (χ4n) is 1.98. The summed E-state index contributed by atoms with van der Waals surface area (Å²) >= 11 is 0. The van der Waals surface area contributed by atoms with Crippen LogP contribution < -0.4 is 5.32 Å². The first-order chi connectivity index (χ1) is 9.97. The molecule has 0 aliphatic carbocycles. The number of nitrogens with one attached hydrogen (secondary N) is 1. The third-order valence-electron chi connectivity index (χ3n) is 3.12. The molecule has 0 saturated carbocycles. The number of hydrogen-bond donors (Lipinski definition) is 2. The summed E-state index contributed by atoms with van der Waals surface area (Å²) in [4.78, 5) is 22.6. The van der Waals surface area contributed by atoms with Crippen molar-refractivity contribution in [3.8, 4) is 0 Å². The van der Waals surface area contributed by atoms with Crippen molar-refractivity contribution < 1.29 is 19.1 Å². The number of carbonyl (C=O) groups excluding carboxylic acids is 1. The number of rotatable bonds is 7. The van der Waals surface area contributed by atoms with Crippen LogP contribution in [0.4, 0.5) is 4.39 Å². The molecule has 1 aromatic carbocycles. The Bertz CT molecular complexity index is 540. The molecule has 1 aromatic rings. The third-order valence-corrected chi connectivity index (χ3v) is 3.12. The van der Waals surface area contributed by atoms with Crippen molar-refractivity contribution in [2.75, 3.05) is 0 Å². The van der Waals surface area contributed by atoms with Gasteiger partial charge in [0.1, 0.15) is 5.82 Å². The van der Waals surface area contributed by atoms with Crippen LogP contribution in [0.25, 0.3) is 6.08 Å². The number of carboxylic acids is 1. The van der Waals surface area contributed by atoms with Gasteiger partial charge in [-0.1, -0.05) is 26.3 Å². The molecular weight excluding hydrogens is 273 g/mol. The molecule has 2 N–H and O–H groups in total. The van der Waals surface area contributed by atoms with E-state index in [9.17, 15) is 14.0 Å². The van der Waals surface area contributed by atoms with Crippen molar-refractivity contribution in [3.63, 3.8) is 0 Å². The Kier molecular flexibility index (Phi) is 6.59. The summed E-state index contributed by atoms with van der Waals surface area (Å²) in [5.74, 6) is -2.19. The molecule has 0 radical (unpaired) electrons. The summed E-state index contributed by atoms with van der Waals surface area (Å²) in [6.07, 6.45) is 4.81. The second kappa shape index (κ2) is 8.19. The smallest absolute Gasteiger partial charge is 0.328 e. The molecule has 0 aromatic heterocycles. The summed E-state index contributed by atoms with van der Waals surface area (Å²) in [5, 5.41) is 11.4. The van der Waals surface area contributed by atoms with E-state index in [4.69, 9.17) is 5.11 Å². The van der Waals surface area contributed by atoms with Crippen LogP contribution in [-0.2, 0) is 4.79 Å². The summed E-state index contributed by atoms with van der Waals surface area (Å²) < 4.78 is 13.8. The lowest BCUT2D eigenvalue weighted by atomic mass is 10.1. The Balaban J connectivity index is 2.92. The van der Waals surface area contributed by atoms with Gasteiger partial charge in [0.15, 0.2) is 0 Å². The first-order valence-corrected chi connectivity index (χ1v) is 6.99. The van der Waals surface area contributed by atoms with E-state index < -0.39 is 17.7 Å². The van der Waals surface area contributed by atoms with E-state index in [1.165, 1.54) is 18.2 Å². The van der Waals surface area contributed by atoms with Gasteiger partial charge in [0.2, 0.25) is 0 Å².